The number of hydrogen-bond acceptors (Lipinski definition) is 3. The average molecular weight is 286 g/mol. The van der Waals surface area contributed by atoms with Crippen molar-refractivity contribution >= 4 is 30.7 Å². The van der Waals surface area contributed by atoms with Gasteiger partial charge in [-0.15, -0.1) is 24.8 Å². The second-order valence-electron chi connectivity index (χ2n) is 4.92. The van der Waals surface area contributed by atoms with Gasteiger partial charge in [-0.3, -0.25) is 9.69 Å². The van der Waals surface area contributed by atoms with E-state index in [4.69, 9.17) is 0 Å². The highest BCUT2D eigenvalue weighted by molar-refractivity contribution is 5.85. The van der Waals surface area contributed by atoms with Crippen molar-refractivity contribution in [1.29, 1.82) is 0 Å². The van der Waals surface area contributed by atoms with Crippen LogP contribution < -0.4 is 10.6 Å². The van der Waals surface area contributed by atoms with Crippen molar-refractivity contribution in [2.24, 2.45) is 11.8 Å². The van der Waals surface area contributed by atoms with E-state index in [1.165, 1.54) is 0 Å². The van der Waals surface area contributed by atoms with Gasteiger partial charge in [-0.2, -0.15) is 0 Å². The van der Waals surface area contributed by atoms with Crippen LogP contribution in [-0.4, -0.2) is 50.6 Å². The van der Waals surface area contributed by atoms with Crippen molar-refractivity contribution in [3.8, 4) is 0 Å². The molecule has 1 atom stereocenters. The highest BCUT2D eigenvalue weighted by Crippen LogP contribution is 2.08. The van der Waals surface area contributed by atoms with Gasteiger partial charge in [0.25, 0.3) is 0 Å². The predicted molar refractivity (Wildman–Crippen MR) is 76.2 cm³/mol. The lowest BCUT2D eigenvalue weighted by Gasteiger charge is -2.30. The largest absolute Gasteiger partial charge is 0.354 e. The zero-order chi connectivity index (χ0) is 11.4. The van der Waals surface area contributed by atoms with Crippen molar-refractivity contribution in [2.75, 3.05) is 33.7 Å². The first kappa shape index (κ1) is 19.3. The molecule has 0 unspecified atom stereocenters. The molecule has 4 nitrogen and oxygen atoms in total. The van der Waals surface area contributed by atoms with Gasteiger partial charge in [0.15, 0.2) is 0 Å². The highest BCUT2D eigenvalue weighted by atomic mass is 35.5. The number of carbonyl (C=O) groups is 1. The first-order valence-corrected chi connectivity index (χ1v) is 5.67. The van der Waals surface area contributed by atoms with E-state index in [9.17, 15) is 4.79 Å². The van der Waals surface area contributed by atoms with Gasteiger partial charge in [-0.25, -0.2) is 0 Å². The SMILES string of the molecule is CC(C)[C@@H](C(=O)NCC1CNC1)N(C)C.Cl.Cl. The van der Waals surface area contributed by atoms with Crippen molar-refractivity contribution < 1.29 is 4.79 Å². The molecular formula is C11H25Cl2N3O. The third-order valence-electron chi connectivity index (χ3n) is 2.89. The van der Waals surface area contributed by atoms with E-state index >= 15 is 0 Å². The summed E-state index contributed by atoms with van der Waals surface area (Å²) in [6.45, 7) is 7.04. The van der Waals surface area contributed by atoms with Gasteiger partial charge in [-0.1, -0.05) is 13.8 Å². The molecule has 0 aromatic heterocycles. The van der Waals surface area contributed by atoms with Gasteiger partial charge in [-0.05, 0) is 20.0 Å². The van der Waals surface area contributed by atoms with Crippen LogP contribution in [0.1, 0.15) is 13.8 Å². The molecule has 1 aliphatic rings. The molecule has 104 valence electrons. The molecule has 0 aromatic rings. The van der Waals surface area contributed by atoms with Gasteiger partial charge in [0.05, 0.1) is 6.04 Å². The zero-order valence-corrected chi connectivity index (χ0v) is 12.7. The van der Waals surface area contributed by atoms with E-state index in [-0.39, 0.29) is 36.8 Å². The highest BCUT2D eigenvalue weighted by Gasteiger charge is 2.25. The van der Waals surface area contributed by atoms with E-state index in [2.05, 4.69) is 24.5 Å². The summed E-state index contributed by atoms with van der Waals surface area (Å²) < 4.78 is 0. The summed E-state index contributed by atoms with van der Waals surface area (Å²) >= 11 is 0. The fourth-order valence-corrected chi connectivity index (χ4v) is 1.98. The van der Waals surface area contributed by atoms with Gasteiger partial charge >= 0.3 is 0 Å². The van der Waals surface area contributed by atoms with Crippen molar-refractivity contribution in [3.05, 3.63) is 0 Å². The Morgan fingerprint density at radius 1 is 1.35 bits per heavy atom. The summed E-state index contributed by atoms with van der Waals surface area (Å²) in [4.78, 5) is 13.9. The number of likely N-dealkylation sites (N-methyl/N-ethyl adjacent to an activating group) is 1. The molecule has 0 aliphatic carbocycles. The molecule has 1 amide bonds. The Morgan fingerprint density at radius 2 is 1.88 bits per heavy atom. The molecule has 1 aliphatic heterocycles. The zero-order valence-electron chi connectivity index (χ0n) is 11.0. The van der Waals surface area contributed by atoms with Gasteiger partial charge in [0, 0.05) is 25.6 Å². The Balaban J connectivity index is 0. The third-order valence-corrected chi connectivity index (χ3v) is 2.89. The second kappa shape index (κ2) is 8.97. The lowest BCUT2D eigenvalue weighted by atomic mass is 10.0. The first-order chi connectivity index (χ1) is 7.02. The Kier molecular flexibility index (Phi) is 10.2. The quantitative estimate of drug-likeness (QED) is 0.784. The molecule has 0 saturated carbocycles. The summed E-state index contributed by atoms with van der Waals surface area (Å²) in [7, 11) is 3.91. The number of carbonyl (C=O) groups excluding carboxylic acids is 1. The van der Waals surface area contributed by atoms with Gasteiger partial charge < -0.3 is 10.6 Å². The minimum absolute atomic E-state index is 0. The van der Waals surface area contributed by atoms with E-state index < -0.39 is 0 Å². The fourth-order valence-electron chi connectivity index (χ4n) is 1.98. The molecule has 1 fully saturated rings. The van der Waals surface area contributed by atoms with Crippen LogP contribution in [0.25, 0.3) is 0 Å². The molecular weight excluding hydrogens is 261 g/mol. The maximum absolute atomic E-state index is 11.9. The summed E-state index contributed by atoms with van der Waals surface area (Å²) in [6, 6.07) is -0.0157. The molecule has 0 radical (unpaired) electrons. The molecule has 2 N–H and O–H groups in total. The van der Waals surface area contributed by atoms with Crippen LogP contribution in [0.15, 0.2) is 0 Å². The summed E-state index contributed by atoms with van der Waals surface area (Å²) in [6.07, 6.45) is 0. The standard InChI is InChI=1S/C11H23N3O.2ClH/c1-8(2)10(14(3)4)11(15)13-7-9-5-12-6-9;;/h8-10,12H,5-7H2,1-4H3,(H,13,15);2*1H/t10-;;/m0../s1. The Labute approximate surface area is 117 Å². The minimum Gasteiger partial charge on any atom is -0.354 e. The molecule has 0 aromatic carbocycles. The average Bonchev–Trinajstić information content (AvgIpc) is 1.99. The number of amides is 1. The molecule has 0 spiro atoms. The monoisotopic (exact) mass is 285 g/mol. The van der Waals surface area contributed by atoms with E-state index in [1.54, 1.807) is 0 Å². The Bertz CT molecular complexity index is 213. The fraction of sp³-hybridized carbons (Fsp3) is 0.909. The van der Waals surface area contributed by atoms with Crippen LogP contribution in [0.5, 0.6) is 0 Å². The smallest absolute Gasteiger partial charge is 0.237 e. The van der Waals surface area contributed by atoms with Crippen LogP contribution in [0.3, 0.4) is 0 Å². The maximum Gasteiger partial charge on any atom is 0.237 e. The molecule has 17 heavy (non-hydrogen) atoms. The molecule has 1 heterocycles. The van der Waals surface area contributed by atoms with E-state index in [1.807, 2.05) is 19.0 Å². The minimum atomic E-state index is -0.0157. The van der Waals surface area contributed by atoms with Crippen LogP contribution in [0.4, 0.5) is 0 Å². The first-order valence-electron chi connectivity index (χ1n) is 5.67. The maximum atomic E-state index is 11.9. The second-order valence-corrected chi connectivity index (χ2v) is 4.92. The summed E-state index contributed by atoms with van der Waals surface area (Å²) in [5, 5.41) is 6.22. The van der Waals surface area contributed by atoms with Crippen LogP contribution in [0, 0.1) is 11.8 Å². The third kappa shape index (κ3) is 5.91. The van der Waals surface area contributed by atoms with E-state index in [0.29, 0.717) is 11.8 Å². The van der Waals surface area contributed by atoms with Crippen LogP contribution >= 0.6 is 24.8 Å². The topological polar surface area (TPSA) is 44.4 Å². The number of halogens is 2. The van der Waals surface area contributed by atoms with Crippen molar-refractivity contribution in [2.45, 2.75) is 19.9 Å². The number of nitrogens with one attached hydrogen (secondary N) is 2. The summed E-state index contributed by atoms with van der Waals surface area (Å²) in [5.41, 5.74) is 0. The number of nitrogens with zero attached hydrogens (tertiary/aromatic N) is 1. The number of hydrogen-bond donors (Lipinski definition) is 2. The molecule has 6 heteroatoms. The predicted octanol–water partition coefficient (Wildman–Crippen LogP) is 0.752. The normalized spacial score (nSPS) is 16.8. The van der Waals surface area contributed by atoms with E-state index in [0.717, 1.165) is 19.6 Å². The number of rotatable bonds is 5. The lowest BCUT2D eigenvalue weighted by Crippen LogP contribution is -2.52. The van der Waals surface area contributed by atoms with Crippen molar-refractivity contribution in [1.82, 2.24) is 15.5 Å². The van der Waals surface area contributed by atoms with Crippen molar-refractivity contribution in [3.63, 3.8) is 0 Å². The Morgan fingerprint density at radius 3 is 2.18 bits per heavy atom. The lowest BCUT2D eigenvalue weighted by molar-refractivity contribution is -0.127. The summed E-state index contributed by atoms with van der Waals surface area (Å²) in [5.74, 6) is 1.13. The molecule has 1 rings (SSSR count). The van der Waals surface area contributed by atoms with Crippen LogP contribution in [-0.2, 0) is 4.79 Å². The Hall–Kier alpha value is -0.0300. The molecule has 1 saturated heterocycles. The molecule has 0 bridgehead atoms. The van der Waals surface area contributed by atoms with Gasteiger partial charge in [0.2, 0.25) is 5.91 Å². The van der Waals surface area contributed by atoms with Gasteiger partial charge in [0.1, 0.15) is 0 Å². The van der Waals surface area contributed by atoms with Crippen LogP contribution in [0.2, 0.25) is 0 Å².